The van der Waals surface area contributed by atoms with Crippen molar-refractivity contribution in [3.63, 3.8) is 0 Å². The Bertz CT molecular complexity index is 343. The van der Waals surface area contributed by atoms with Crippen LogP contribution < -0.4 is 11.1 Å². The lowest BCUT2D eigenvalue weighted by Gasteiger charge is -2.22. The maximum atomic E-state index is 11.1. The molecule has 0 aromatic heterocycles. The minimum absolute atomic E-state index is 0.0848. The minimum atomic E-state index is -0.797. The van der Waals surface area contributed by atoms with E-state index in [1.165, 1.54) is 7.11 Å². The fourth-order valence-electron chi connectivity index (χ4n) is 1.53. The summed E-state index contributed by atoms with van der Waals surface area (Å²) in [5.41, 5.74) is 6.42. The van der Waals surface area contributed by atoms with Crippen LogP contribution in [0.25, 0.3) is 0 Å². The molecule has 17 heavy (non-hydrogen) atoms. The van der Waals surface area contributed by atoms with Gasteiger partial charge in [0.15, 0.2) is 0 Å². The van der Waals surface area contributed by atoms with Crippen LogP contribution in [0.4, 0.5) is 4.79 Å². The van der Waals surface area contributed by atoms with Crippen LogP contribution in [-0.4, -0.2) is 37.0 Å². The topological polar surface area (TPSA) is 84.6 Å². The molecule has 2 atom stereocenters. The van der Waals surface area contributed by atoms with Gasteiger partial charge in [0.05, 0.1) is 19.3 Å². The summed E-state index contributed by atoms with van der Waals surface area (Å²) in [6.07, 6.45) is -0.860. The fourth-order valence-corrected chi connectivity index (χ4v) is 1.53. The van der Waals surface area contributed by atoms with Gasteiger partial charge >= 0.3 is 6.09 Å². The first kappa shape index (κ1) is 13.5. The molecule has 4 N–H and O–H groups in total. The Morgan fingerprint density at radius 1 is 1.47 bits per heavy atom. The van der Waals surface area contributed by atoms with E-state index in [1.807, 2.05) is 30.3 Å². The van der Waals surface area contributed by atoms with E-state index in [0.717, 1.165) is 5.56 Å². The van der Waals surface area contributed by atoms with Gasteiger partial charge in [-0.2, -0.15) is 0 Å². The summed E-state index contributed by atoms with van der Waals surface area (Å²) in [5, 5.41) is 12.3. The third-order valence-corrected chi connectivity index (χ3v) is 2.49. The zero-order valence-electron chi connectivity index (χ0n) is 9.80. The molecule has 1 amide bonds. The number of carbonyl (C=O) groups excluding carboxylic acids is 1. The molecule has 0 radical (unpaired) electrons. The van der Waals surface area contributed by atoms with Crippen LogP contribution in [0.2, 0.25) is 0 Å². The Kier molecular flexibility index (Phi) is 5.45. The maximum absolute atomic E-state index is 11.1. The molecule has 94 valence electrons. The summed E-state index contributed by atoms with van der Waals surface area (Å²) >= 11 is 0. The van der Waals surface area contributed by atoms with E-state index in [-0.39, 0.29) is 6.54 Å². The Labute approximate surface area is 101 Å². The molecular formula is C12H18N2O3. The largest absolute Gasteiger partial charge is 0.453 e. The van der Waals surface area contributed by atoms with Crippen LogP contribution in [0.1, 0.15) is 5.56 Å². The van der Waals surface area contributed by atoms with Gasteiger partial charge in [-0.25, -0.2) is 4.79 Å². The van der Waals surface area contributed by atoms with Gasteiger partial charge in [0.1, 0.15) is 0 Å². The van der Waals surface area contributed by atoms with E-state index < -0.39 is 18.2 Å². The van der Waals surface area contributed by atoms with E-state index in [9.17, 15) is 9.90 Å². The highest BCUT2D eigenvalue weighted by Gasteiger charge is 2.20. The number of nitrogens with one attached hydrogen (secondary N) is 1. The molecular weight excluding hydrogens is 220 g/mol. The van der Waals surface area contributed by atoms with E-state index in [0.29, 0.717) is 6.42 Å². The summed E-state index contributed by atoms with van der Waals surface area (Å²) in [6, 6.07) is 9.11. The van der Waals surface area contributed by atoms with Crippen LogP contribution in [0.5, 0.6) is 0 Å². The molecule has 1 aromatic carbocycles. The second-order valence-corrected chi connectivity index (χ2v) is 3.74. The van der Waals surface area contributed by atoms with Crippen molar-refractivity contribution in [2.45, 2.75) is 18.6 Å². The number of alkyl carbamates (subject to hydrolysis) is 1. The van der Waals surface area contributed by atoms with Crippen molar-refractivity contribution in [1.82, 2.24) is 5.32 Å². The number of aliphatic hydroxyl groups is 1. The Balaban J connectivity index is 2.67. The second kappa shape index (κ2) is 6.88. The standard InChI is InChI=1S/C12H18N2O3/c1-17-12(16)14-10(11(15)8-13)7-9-5-3-2-4-6-9/h2-6,10-11,15H,7-8,13H2,1H3,(H,14,16)/t10-,11+/m0/s1. The number of amides is 1. The second-order valence-electron chi connectivity index (χ2n) is 3.74. The predicted octanol–water partition coefficient (Wildman–Crippen LogP) is 0.273. The van der Waals surface area contributed by atoms with E-state index in [1.54, 1.807) is 0 Å². The first-order valence-electron chi connectivity index (χ1n) is 5.44. The van der Waals surface area contributed by atoms with Crippen molar-refractivity contribution in [3.05, 3.63) is 35.9 Å². The lowest BCUT2D eigenvalue weighted by molar-refractivity contribution is 0.118. The molecule has 1 aromatic rings. The van der Waals surface area contributed by atoms with Gasteiger partial charge in [-0.3, -0.25) is 0 Å². The number of aliphatic hydroxyl groups excluding tert-OH is 1. The zero-order valence-corrected chi connectivity index (χ0v) is 9.80. The van der Waals surface area contributed by atoms with Gasteiger partial charge in [-0.05, 0) is 12.0 Å². The number of methoxy groups -OCH3 is 1. The Hall–Kier alpha value is -1.59. The van der Waals surface area contributed by atoms with Gasteiger partial charge in [0, 0.05) is 6.54 Å². The zero-order chi connectivity index (χ0) is 12.7. The third kappa shape index (κ3) is 4.42. The summed E-state index contributed by atoms with van der Waals surface area (Å²) in [7, 11) is 1.28. The SMILES string of the molecule is COC(=O)N[C@@H](Cc1ccccc1)[C@H](O)CN. The number of rotatable bonds is 5. The number of benzene rings is 1. The first-order chi connectivity index (χ1) is 8.17. The van der Waals surface area contributed by atoms with Crippen molar-refractivity contribution in [2.24, 2.45) is 5.73 Å². The molecule has 0 bridgehead atoms. The van der Waals surface area contributed by atoms with Crippen LogP contribution in [0.3, 0.4) is 0 Å². The Morgan fingerprint density at radius 3 is 2.65 bits per heavy atom. The first-order valence-corrected chi connectivity index (χ1v) is 5.44. The lowest BCUT2D eigenvalue weighted by Crippen LogP contribution is -2.47. The molecule has 5 heteroatoms. The normalized spacial score (nSPS) is 13.8. The van der Waals surface area contributed by atoms with Crippen molar-refractivity contribution >= 4 is 6.09 Å². The van der Waals surface area contributed by atoms with Gasteiger partial charge in [-0.1, -0.05) is 30.3 Å². The highest BCUT2D eigenvalue weighted by atomic mass is 16.5. The molecule has 1 rings (SSSR count). The van der Waals surface area contributed by atoms with Crippen molar-refractivity contribution in [3.8, 4) is 0 Å². The highest BCUT2D eigenvalue weighted by Crippen LogP contribution is 2.06. The minimum Gasteiger partial charge on any atom is -0.453 e. The van der Waals surface area contributed by atoms with Crippen molar-refractivity contribution in [2.75, 3.05) is 13.7 Å². The molecule has 0 aliphatic heterocycles. The average molecular weight is 238 g/mol. The van der Waals surface area contributed by atoms with Gasteiger partial charge < -0.3 is 20.9 Å². The smallest absolute Gasteiger partial charge is 0.407 e. The Morgan fingerprint density at radius 2 is 2.12 bits per heavy atom. The summed E-state index contributed by atoms with van der Waals surface area (Å²) in [6.45, 7) is 0.0848. The maximum Gasteiger partial charge on any atom is 0.407 e. The van der Waals surface area contributed by atoms with Crippen LogP contribution >= 0.6 is 0 Å². The molecule has 0 spiro atoms. The van der Waals surface area contributed by atoms with E-state index in [4.69, 9.17) is 5.73 Å². The molecule has 0 heterocycles. The van der Waals surface area contributed by atoms with E-state index >= 15 is 0 Å². The average Bonchev–Trinajstić information content (AvgIpc) is 2.38. The van der Waals surface area contributed by atoms with E-state index in [2.05, 4.69) is 10.1 Å². The van der Waals surface area contributed by atoms with Gasteiger partial charge in [0.2, 0.25) is 0 Å². The predicted molar refractivity (Wildman–Crippen MR) is 64.5 cm³/mol. The number of hydrogen-bond donors (Lipinski definition) is 3. The monoisotopic (exact) mass is 238 g/mol. The number of hydrogen-bond acceptors (Lipinski definition) is 4. The van der Waals surface area contributed by atoms with Crippen LogP contribution in [0.15, 0.2) is 30.3 Å². The number of ether oxygens (including phenoxy) is 1. The van der Waals surface area contributed by atoms with Crippen LogP contribution in [0, 0.1) is 0 Å². The van der Waals surface area contributed by atoms with Crippen LogP contribution in [-0.2, 0) is 11.2 Å². The molecule has 5 nitrogen and oxygen atoms in total. The fraction of sp³-hybridized carbons (Fsp3) is 0.417. The van der Waals surface area contributed by atoms with Crippen molar-refractivity contribution in [1.29, 1.82) is 0 Å². The molecule has 0 fully saturated rings. The number of carbonyl (C=O) groups is 1. The molecule has 0 unspecified atom stereocenters. The number of nitrogens with two attached hydrogens (primary N) is 1. The lowest BCUT2D eigenvalue weighted by atomic mass is 10.0. The summed E-state index contributed by atoms with van der Waals surface area (Å²) in [5.74, 6) is 0. The molecule has 0 aliphatic rings. The third-order valence-electron chi connectivity index (χ3n) is 2.49. The van der Waals surface area contributed by atoms with Gasteiger partial charge in [-0.15, -0.1) is 0 Å². The van der Waals surface area contributed by atoms with Crippen molar-refractivity contribution < 1.29 is 14.6 Å². The highest BCUT2D eigenvalue weighted by molar-refractivity contribution is 5.67. The molecule has 0 saturated carbocycles. The summed E-state index contributed by atoms with van der Waals surface area (Å²) in [4.78, 5) is 11.1. The molecule has 0 aliphatic carbocycles. The van der Waals surface area contributed by atoms with Gasteiger partial charge in [0.25, 0.3) is 0 Å². The summed E-state index contributed by atoms with van der Waals surface area (Å²) < 4.78 is 4.51. The molecule has 0 saturated heterocycles. The quantitative estimate of drug-likeness (QED) is 0.687.